The Morgan fingerprint density at radius 2 is 1.34 bits per heavy atom. The quantitative estimate of drug-likeness (QED) is 0.0522. The Morgan fingerprint density at radius 1 is 0.688 bits per heavy atom. The second-order valence-electron chi connectivity index (χ2n) is 14.7. The van der Waals surface area contributed by atoms with E-state index in [1.54, 1.807) is 24.1 Å². The van der Waals surface area contributed by atoms with E-state index in [0.29, 0.717) is 114 Å². The highest BCUT2D eigenvalue weighted by molar-refractivity contribution is 6.06. The molecule has 0 aliphatic heterocycles. The van der Waals surface area contributed by atoms with Crippen molar-refractivity contribution in [3.05, 3.63) is 113 Å². The average molecular weight is 894 g/mol. The lowest BCUT2D eigenvalue weighted by Crippen LogP contribution is -2.31. The summed E-state index contributed by atoms with van der Waals surface area (Å²) in [6.07, 6.45) is -1.24. The number of carbonyl (C=O) groups excluding carboxylic acids is 3. The fraction of sp³-hybridized carbons (Fsp3) is 0.458. The number of alkyl halides is 3. The van der Waals surface area contributed by atoms with Gasteiger partial charge in [0.1, 0.15) is 0 Å². The molecule has 0 saturated carbocycles. The van der Waals surface area contributed by atoms with Gasteiger partial charge < -0.3 is 44.1 Å². The number of carbonyl (C=O) groups is 3. The molecule has 2 N–H and O–H groups in total. The Kier molecular flexibility index (Phi) is 22.2. The van der Waals surface area contributed by atoms with Crippen LogP contribution in [0.5, 0.6) is 0 Å². The molecule has 4 rings (SSSR count). The van der Waals surface area contributed by atoms with E-state index in [-0.39, 0.29) is 23.9 Å². The molecule has 0 aliphatic carbocycles. The van der Waals surface area contributed by atoms with Gasteiger partial charge in [-0.1, -0.05) is 24.3 Å². The topological polar surface area (TPSA) is 141 Å². The van der Waals surface area contributed by atoms with E-state index in [0.717, 1.165) is 42.9 Å². The number of ether oxygens (including phenoxy) is 5. The van der Waals surface area contributed by atoms with Gasteiger partial charge in [-0.15, -0.1) is 0 Å². The number of rotatable bonds is 29. The summed E-state index contributed by atoms with van der Waals surface area (Å²) in [5.41, 5.74) is 3.67. The molecule has 1 heterocycles. The van der Waals surface area contributed by atoms with Crippen molar-refractivity contribution < 1.29 is 51.2 Å². The summed E-state index contributed by atoms with van der Waals surface area (Å²) < 4.78 is 67.3. The molecular formula is C48H62F3N5O8. The molecule has 4 aromatic rings. The molecule has 348 valence electrons. The number of halogens is 3. The third-order valence-corrected chi connectivity index (χ3v) is 10.1. The third kappa shape index (κ3) is 17.6. The molecule has 0 atom stereocenters. The lowest BCUT2D eigenvalue weighted by Gasteiger charge is -2.23. The molecule has 0 bridgehead atoms. The Hall–Kier alpha value is -5.39. The SMILES string of the molecule is CCOCCN(C)C(=O)CCOCCOCCOCCOCCCc1cccc(C(=O)Nc2ccc(N(CC)CC)cc2-c2cc(C(=O)NCc3cccc(C(F)(F)F)c3)ccn2)c1. The zero-order valence-electron chi connectivity index (χ0n) is 37.3. The van der Waals surface area contributed by atoms with Gasteiger partial charge in [-0.3, -0.25) is 19.4 Å². The number of nitrogens with one attached hydrogen (secondary N) is 2. The summed E-state index contributed by atoms with van der Waals surface area (Å²) in [4.78, 5) is 47.3. The summed E-state index contributed by atoms with van der Waals surface area (Å²) in [6, 6.07) is 21.0. The molecular weight excluding hydrogens is 832 g/mol. The Labute approximate surface area is 374 Å². The first kappa shape index (κ1) is 51.2. The van der Waals surface area contributed by atoms with Crippen molar-refractivity contribution in [3.63, 3.8) is 0 Å². The second kappa shape index (κ2) is 27.7. The minimum Gasteiger partial charge on any atom is -0.380 e. The number of aryl methyl sites for hydroxylation is 1. The van der Waals surface area contributed by atoms with Crippen LogP contribution in [-0.2, 0) is 47.6 Å². The van der Waals surface area contributed by atoms with Crippen molar-refractivity contribution in [3.8, 4) is 11.3 Å². The lowest BCUT2D eigenvalue weighted by molar-refractivity contribution is -0.137. The third-order valence-electron chi connectivity index (χ3n) is 10.1. The van der Waals surface area contributed by atoms with Crippen LogP contribution >= 0.6 is 0 Å². The number of anilines is 2. The van der Waals surface area contributed by atoms with Crippen molar-refractivity contribution in [2.75, 3.05) is 103 Å². The standard InChI is InChI=1S/C48H62F3N5O8/c1-5-56(6-2)41-16-17-43(42(34-41)44-33-39(18-20-52-44)46(58)53-35-37-12-9-15-40(32-37)48(49,50)51)54-47(59)38-14-8-11-36(31-38)13-10-22-61-25-27-63-29-30-64-28-26-62-23-19-45(57)55(4)21-24-60-7-3/h8-9,11-12,14-18,20,31-34H,5-7,10,13,19,21-30,35H2,1-4H3,(H,53,58)(H,54,59). The van der Waals surface area contributed by atoms with Crippen LogP contribution < -0.4 is 15.5 Å². The normalized spacial score (nSPS) is 11.4. The predicted molar refractivity (Wildman–Crippen MR) is 241 cm³/mol. The minimum absolute atomic E-state index is 0.0170. The van der Waals surface area contributed by atoms with E-state index in [1.165, 1.54) is 24.4 Å². The highest BCUT2D eigenvalue weighted by atomic mass is 19.4. The molecule has 1 aromatic heterocycles. The largest absolute Gasteiger partial charge is 0.416 e. The summed E-state index contributed by atoms with van der Waals surface area (Å²) in [7, 11) is 1.75. The zero-order chi connectivity index (χ0) is 46.2. The first-order valence-electron chi connectivity index (χ1n) is 21.8. The van der Waals surface area contributed by atoms with Crippen LogP contribution in [0.4, 0.5) is 24.5 Å². The van der Waals surface area contributed by atoms with Gasteiger partial charge in [-0.25, -0.2) is 0 Å². The van der Waals surface area contributed by atoms with Crippen molar-refractivity contribution in [1.29, 1.82) is 0 Å². The molecule has 0 radical (unpaired) electrons. The van der Waals surface area contributed by atoms with E-state index < -0.39 is 17.6 Å². The number of hydrogen-bond donors (Lipinski definition) is 2. The van der Waals surface area contributed by atoms with Gasteiger partial charge in [0.2, 0.25) is 5.91 Å². The van der Waals surface area contributed by atoms with Gasteiger partial charge in [0, 0.05) is 75.0 Å². The zero-order valence-corrected chi connectivity index (χ0v) is 37.3. The summed E-state index contributed by atoms with van der Waals surface area (Å²) in [5, 5.41) is 5.74. The molecule has 0 spiro atoms. The molecule has 64 heavy (non-hydrogen) atoms. The number of nitrogens with zero attached hydrogens (tertiary/aromatic N) is 3. The highest BCUT2D eigenvalue weighted by Crippen LogP contribution is 2.33. The fourth-order valence-electron chi connectivity index (χ4n) is 6.52. The van der Waals surface area contributed by atoms with Gasteiger partial charge in [0.15, 0.2) is 0 Å². The Morgan fingerprint density at radius 3 is 2.03 bits per heavy atom. The Balaban J connectivity index is 1.21. The first-order valence-corrected chi connectivity index (χ1v) is 21.8. The monoisotopic (exact) mass is 893 g/mol. The van der Waals surface area contributed by atoms with Gasteiger partial charge in [0.05, 0.1) is 76.2 Å². The van der Waals surface area contributed by atoms with E-state index in [1.807, 2.05) is 57.2 Å². The van der Waals surface area contributed by atoms with Gasteiger partial charge in [-0.2, -0.15) is 13.2 Å². The van der Waals surface area contributed by atoms with Crippen LogP contribution in [-0.4, -0.2) is 120 Å². The number of amides is 3. The van der Waals surface area contributed by atoms with E-state index in [9.17, 15) is 27.6 Å². The Bertz CT molecular complexity index is 2050. The van der Waals surface area contributed by atoms with Gasteiger partial charge in [0.25, 0.3) is 11.8 Å². The fourth-order valence-corrected chi connectivity index (χ4v) is 6.52. The molecule has 3 amide bonds. The second-order valence-corrected chi connectivity index (χ2v) is 14.7. The molecule has 0 unspecified atom stereocenters. The summed E-state index contributed by atoms with van der Waals surface area (Å²) >= 11 is 0. The molecule has 16 heteroatoms. The minimum atomic E-state index is -4.49. The number of benzene rings is 3. The maximum atomic E-state index is 13.7. The van der Waals surface area contributed by atoms with Crippen molar-refractivity contribution in [2.24, 2.45) is 0 Å². The number of pyridine rings is 1. The summed E-state index contributed by atoms with van der Waals surface area (Å²) in [6.45, 7) is 12.5. The van der Waals surface area contributed by atoms with Crippen molar-refractivity contribution in [1.82, 2.24) is 15.2 Å². The molecule has 0 saturated heterocycles. The van der Waals surface area contributed by atoms with E-state index in [2.05, 4.69) is 20.5 Å². The first-order chi connectivity index (χ1) is 30.9. The molecule has 13 nitrogen and oxygen atoms in total. The summed E-state index contributed by atoms with van der Waals surface area (Å²) in [5.74, 6) is -0.783. The van der Waals surface area contributed by atoms with E-state index in [4.69, 9.17) is 23.7 Å². The number of hydrogen-bond acceptors (Lipinski definition) is 10. The van der Waals surface area contributed by atoms with E-state index >= 15 is 0 Å². The molecule has 3 aromatic carbocycles. The number of aromatic nitrogens is 1. The number of likely N-dealkylation sites (N-methyl/N-ethyl adjacent to an activating group) is 1. The van der Waals surface area contributed by atoms with Gasteiger partial charge >= 0.3 is 6.18 Å². The van der Waals surface area contributed by atoms with Crippen LogP contribution in [0.15, 0.2) is 85.1 Å². The van der Waals surface area contributed by atoms with Crippen LogP contribution in [0.3, 0.4) is 0 Å². The van der Waals surface area contributed by atoms with Crippen molar-refractivity contribution in [2.45, 2.75) is 52.8 Å². The molecule has 0 fully saturated rings. The maximum Gasteiger partial charge on any atom is 0.416 e. The average Bonchev–Trinajstić information content (AvgIpc) is 3.30. The highest BCUT2D eigenvalue weighted by Gasteiger charge is 2.30. The maximum absolute atomic E-state index is 13.7. The van der Waals surface area contributed by atoms with Gasteiger partial charge in [-0.05, 0) is 99.3 Å². The predicted octanol–water partition coefficient (Wildman–Crippen LogP) is 7.68. The lowest BCUT2D eigenvalue weighted by atomic mass is 10.0. The van der Waals surface area contributed by atoms with Crippen LogP contribution in [0.1, 0.15) is 71.0 Å². The van der Waals surface area contributed by atoms with Crippen LogP contribution in [0.25, 0.3) is 11.3 Å². The van der Waals surface area contributed by atoms with Crippen LogP contribution in [0, 0.1) is 0 Å². The van der Waals surface area contributed by atoms with Crippen molar-refractivity contribution >= 4 is 29.1 Å². The molecule has 0 aliphatic rings. The smallest absolute Gasteiger partial charge is 0.380 e. The van der Waals surface area contributed by atoms with Crippen LogP contribution in [0.2, 0.25) is 0 Å².